The first-order chi connectivity index (χ1) is 9.13. The minimum atomic E-state index is -0.441. The van der Waals surface area contributed by atoms with Gasteiger partial charge in [-0.3, -0.25) is 4.98 Å². The van der Waals surface area contributed by atoms with Gasteiger partial charge in [-0.05, 0) is 25.5 Å². The van der Waals surface area contributed by atoms with Gasteiger partial charge in [-0.25, -0.2) is 14.4 Å². The van der Waals surface area contributed by atoms with Crippen LogP contribution in [0.3, 0.4) is 0 Å². The molecule has 2 aromatic heterocycles. The lowest BCUT2D eigenvalue weighted by Gasteiger charge is -2.09. The molecule has 0 atom stereocenters. The third-order valence-electron chi connectivity index (χ3n) is 2.53. The molecule has 100 valence electrons. The van der Waals surface area contributed by atoms with Gasteiger partial charge in [0, 0.05) is 12.7 Å². The molecule has 0 fully saturated rings. The first kappa shape index (κ1) is 13.7. The van der Waals surface area contributed by atoms with Crippen LogP contribution in [-0.4, -0.2) is 21.5 Å². The molecular weight excluding hydrogens is 267 g/mol. The molecule has 4 nitrogen and oxygen atoms in total. The van der Waals surface area contributed by atoms with E-state index in [0.29, 0.717) is 23.1 Å². The Hall–Kier alpha value is -1.75. The molecule has 0 amide bonds. The Morgan fingerprint density at radius 2 is 2.16 bits per heavy atom. The van der Waals surface area contributed by atoms with Crippen molar-refractivity contribution in [2.75, 3.05) is 11.9 Å². The predicted octanol–water partition coefficient (Wildman–Crippen LogP) is 3.46. The molecule has 2 heterocycles. The molecule has 0 bridgehead atoms. The van der Waals surface area contributed by atoms with Crippen LogP contribution in [0.15, 0.2) is 18.3 Å². The van der Waals surface area contributed by atoms with Crippen LogP contribution in [0.4, 0.5) is 10.2 Å². The standard InChI is InChI=1S/C13H14ClFN4/c1-3-6-17-12-10(15)8(2)18-13(19-12)11-9(14)5-4-7-16-11/h4-5,7H,3,6H2,1-2H3,(H,17,18,19). The van der Waals surface area contributed by atoms with Crippen molar-refractivity contribution in [1.82, 2.24) is 15.0 Å². The number of anilines is 1. The number of halogens is 2. The maximum Gasteiger partial charge on any atom is 0.186 e. The van der Waals surface area contributed by atoms with Crippen LogP contribution < -0.4 is 5.32 Å². The SMILES string of the molecule is CCCNc1nc(-c2ncccc2Cl)nc(C)c1F. The Kier molecular flexibility index (Phi) is 4.27. The zero-order valence-electron chi connectivity index (χ0n) is 10.7. The summed E-state index contributed by atoms with van der Waals surface area (Å²) in [6.07, 6.45) is 2.48. The van der Waals surface area contributed by atoms with E-state index in [1.165, 1.54) is 0 Å². The monoisotopic (exact) mass is 280 g/mol. The lowest BCUT2D eigenvalue weighted by Crippen LogP contribution is -2.08. The van der Waals surface area contributed by atoms with Crippen molar-refractivity contribution in [3.63, 3.8) is 0 Å². The largest absolute Gasteiger partial charge is 0.368 e. The molecule has 0 spiro atoms. The highest BCUT2D eigenvalue weighted by Gasteiger charge is 2.14. The molecule has 2 rings (SSSR count). The summed E-state index contributed by atoms with van der Waals surface area (Å²) in [5, 5.41) is 3.38. The number of aromatic nitrogens is 3. The van der Waals surface area contributed by atoms with Crippen molar-refractivity contribution in [3.8, 4) is 11.5 Å². The van der Waals surface area contributed by atoms with E-state index in [9.17, 15) is 4.39 Å². The summed E-state index contributed by atoms with van der Waals surface area (Å²) in [4.78, 5) is 12.4. The smallest absolute Gasteiger partial charge is 0.186 e. The van der Waals surface area contributed by atoms with Gasteiger partial charge < -0.3 is 5.32 Å². The van der Waals surface area contributed by atoms with Gasteiger partial charge in [0.05, 0.1) is 10.7 Å². The highest BCUT2D eigenvalue weighted by atomic mass is 35.5. The summed E-state index contributed by atoms with van der Waals surface area (Å²) in [6.45, 7) is 4.23. The number of hydrogen-bond acceptors (Lipinski definition) is 4. The maximum absolute atomic E-state index is 13.9. The molecule has 0 radical (unpaired) electrons. The number of nitrogens with one attached hydrogen (secondary N) is 1. The van der Waals surface area contributed by atoms with Crippen LogP contribution in [-0.2, 0) is 0 Å². The normalized spacial score (nSPS) is 10.5. The maximum atomic E-state index is 13.9. The van der Waals surface area contributed by atoms with Gasteiger partial charge in [0.2, 0.25) is 0 Å². The number of hydrogen-bond donors (Lipinski definition) is 1. The lowest BCUT2D eigenvalue weighted by molar-refractivity contribution is 0.605. The van der Waals surface area contributed by atoms with Crippen LogP contribution in [0.25, 0.3) is 11.5 Å². The molecule has 6 heteroatoms. The quantitative estimate of drug-likeness (QED) is 0.932. The van der Waals surface area contributed by atoms with Gasteiger partial charge in [-0.2, -0.15) is 0 Å². The highest BCUT2D eigenvalue weighted by Crippen LogP contribution is 2.25. The zero-order valence-corrected chi connectivity index (χ0v) is 11.5. The topological polar surface area (TPSA) is 50.7 Å². The molecule has 0 aliphatic heterocycles. The average molecular weight is 281 g/mol. The first-order valence-corrected chi connectivity index (χ1v) is 6.40. The summed E-state index contributed by atoms with van der Waals surface area (Å²) >= 11 is 6.05. The van der Waals surface area contributed by atoms with Gasteiger partial charge in [-0.1, -0.05) is 18.5 Å². The molecule has 0 saturated heterocycles. The summed E-state index contributed by atoms with van der Waals surface area (Å²) in [5.74, 6) is 0.0680. The fourth-order valence-corrected chi connectivity index (χ4v) is 1.78. The number of pyridine rings is 1. The Labute approximate surface area is 116 Å². The van der Waals surface area contributed by atoms with E-state index in [1.807, 2.05) is 6.92 Å². The van der Waals surface area contributed by atoms with E-state index in [-0.39, 0.29) is 11.5 Å². The van der Waals surface area contributed by atoms with E-state index in [4.69, 9.17) is 11.6 Å². The van der Waals surface area contributed by atoms with Crippen LogP contribution in [0.2, 0.25) is 5.02 Å². The summed E-state index contributed by atoms with van der Waals surface area (Å²) in [5.41, 5.74) is 0.720. The van der Waals surface area contributed by atoms with E-state index in [0.717, 1.165) is 6.42 Å². The van der Waals surface area contributed by atoms with Gasteiger partial charge in [-0.15, -0.1) is 0 Å². The van der Waals surface area contributed by atoms with Gasteiger partial charge in [0.1, 0.15) is 5.69 Å². The minimum absolute atomic E-state index is 0.186. The van der Waals surface area contributed by atoms with Crippen LogP contribution in [0, 0.1) is 12.7 Å². The van der Waals surface area contributed by atoms with Crippen LogP contribution >= 0.6 is 11.6 Å². The van der Waals surface area contributed by atoms with Crippen molar-refractivity contribution in [2.45, 2.75) is 20.3 Å². The van der Waals surface area contributed by atoms with Crippen LogP contribution in [0.1, 0.15) is 19.0 Å². The summed E-state index contributed by atoms with van der Waals surface area (Å²) in [7, 11) is 0. The number of rotatable bonds is 4. The molecule has 0 aromatic carbocycles. The minimum Gasteiger partial charge on any atom is -0.368 e. The fourth-order valence-electron chi connectivity index (χ4n) is 1.58. The second-order valence-electron chi connectivity index (χ2n) is 4.06. The Bertz CT molecular complexity index is 589. The fraction of sp³-hybridized carbons (Fsp3) is 0.308. The number of nitrogens with zero attached hydrogens (tertiary/aromatic N) is 3. The average Bonchev–Trinajstić information content (AvgIpc) is 2.41. The van der Waals surface area contributed by atoms with Crippen molar-refractivity contribution >= 4 is 17.4 Å². The Morgan fingerprint density at radius 3 is 2.84 bits per heavy atom. The van der Waals surface area contributed by atoms with E-state index in [1.54, 1.807) is 25.3 Å². The van der Waals surface area contributed by atoms with Crippen molar-refractivity contribution < 1.29 is 4.39 Å². The lowest BCUT2D eigenvalue weighted by atomic mass is 10.3. The first-order valence-electron chi connectivity index (χ1n) is 6.02. The van der Waals surface area contributed by atoms with E-state index < -0.39 is 5.82 Å². The number of aryl methyl sites for hydroxylation is 1. The molecule has 19 heavy (non-hydrogen) atoms. The zero-order chi connectivity index (χ0) is 13.8. The van der Waals surface area contributed by atoms with Crippen molar-refractivity contribution in [3.05, 3.63) is 34.9 Å². The Morgan fingerprint density at radius 1 is 1.37 bits per heavy atom. The molecule has 0 saturated carbocycles. The molecule has 0 aliphatic rings. The second-order valence-corrected chi connectivity index (χ2v) is 4.46. The molecule has 0 aliphatic carbocycles. The van der Waals surface area contributed by atoms with Crippen molar-refractivity contribution in [1.29, 1.82) is 0 Å². The summed E-state index contributed by atoms with van der Waals surface area (Å²) in [6, 6.07) is 3.42. The van der Waals surface area contributed by atoms with Gasteiger partial charge in [0.15, 0.2) is 17.5 Å². The third-order valence-corrected chi connectivity index (χ3v) is 2.83. The van der Waals surface area contributed by atoms with Gasteiger partial charge >= 0.3 is 0 Å². The van der Waals surface area contributed by atoms with E-state index >= 15 is 0 Å². The second kappa shape index (κ2) is 5.93. The Balaban J connectivity index is 2.47. The van der Waals surface area contributed by atoms with Gasteiger partial charge in [0.25, 0.3) is 0 Å². The highest BCUT2D eigenvalue weighted by molar-refractivity contribution is 6.32. The predicted molar refractivity (Wildman–Crippen MR) is 73.7 cm³/mol. The summed E-state index contributed by atoms with van der Waals surface area (Å²) < 4.78 is 13.9. The molecule has 0 unspecified atom stereocenters. The van der Waals surface area contributed by atoms with E-state index in [2.05, 4.69) is 20.3 Å². The molecular formula is C13H14ClFN4. The third kappa shape index (κ3) is 2.98. The van der Waals surface area contributed by atoms with Crippen molar-refractivity contribution in [2.24, 2.45) is 0 Å². The van der Waals surface area contributed by atoms with Crippen LogP contribution in [0.5, 0.6) is 0 Å². The molecule has 2 aromatic rings. The molecule has 1 N–H and O–H groups in total.